The van der Waals surface area contributed by atoms with E-state index in [1.165, 1.54) is 0 Å². The van der Waals surface area contributed by atoms with Crippen LogP contribution in [0.1, 0.15) is 6.42 Å². The molecule has 7 nitrogen and oxygen atoms in total. The molecule has 1 atom stereocenters. The molecule has 3 aromatic rings. The summed E-state index contributed by atoms with van der Waals surface area (Å²) in [5, 5.41) is 19.5. The van der Waals surface area contributed by atoms with Crippen molar-refractivity contribution >= 4 is 16.6 Å². The molecule has 7 heteroatoms. The van der Waals surface area contributed by atoms with Gasteiger partial charge in [0.1, 0.15) is 5.60 Å². The zero-order chi connectivity index (χ0) is 15.0. The molecule has 1 aliphatic heterocycles. The summed E-state index contributed by atoms with van der Waals surface area (Å²) in [4.78, 5) is 10.7. The minimum atomic E-state index is -0.800. The largest absolute Gasteiger partial charge is 0.386 e. The highest BCUT2D eigenvalue weighted by molar-refractivity contribution is 5.90. The summed E-state index contributed by atoms with van der Waals surface area (Å²) in [7, 11) is 0. The number of fused-ring (bicyclic) bond motifs is 1. The normalized spacial score (nSPS) is 21.6. The molecule has 0 bridgehead atoms. The van der Waals surface area contributed by atoms with Gasteiger partial charge in [0, 0.05) is 49.0 Å². The Balaban J connectivity index is 1.62. The van der Waals surface area contributed by atoms with E-state index in [9.17, 15) is 5.11 Å². The number of pyridine rings is 2. The molecule has 4 heterocycles. The van der Waals surface area contributed by atoms with E-state index < -0.39 is 5.60 Å². The molecule has 3 aromatic heterocycles. The van der Waals surface area contributed by atoms with Crippen LogP contribution < -0.4 is 4.90 Å². The molecule has 1 aliphatic rings. The van der Waals surface area contributed by atoms with Crippen molar-refractivity contribution in [3.63, 3.8) is 0 Å². The van der Waals surface area contributed by atoms with Gasteiger partial charge in [-0.25, -0.2) is 4.68 Å². The van der Waals surface area contributed by atoms with Gasteiger partial charge in [-0.15, -0.1) is 5.10 Å². The first-order valence-electron chi connectivity index (χ1n) is 7.24. The smallest absolute Gasteiger partial charge is 0.103 e. The van der Waals surface area contributed by atoms with Crippen molar-refractivity contribution in [2.75, 3.05) is 18.0 Å². The fourth-order valence-electron chi connectivity index (χ4n) is 3.06. The van der Waals surface area contributed by atoms with Crippen molar-refractivity contribution in [1.29, 1.82) is 0 Å². The third-order valence-corrected chi connectivity index (χ3v) is 4.12. The van der Waals surface area contributed by atoms with Gasteiger partial charge in [-0.2, -0.15) is 0 Å². The average Bonchev–Trinajstić information content (AvgIpc) is 3.17. The predicted molar refractivity (Wildman–Crippen MR) is 81.3 cm³/mol. The molecule has 0 amide bonds. The Labute approximate surface area is 127 Å². The Morgan fingerprint density at radius 1 is 1.23 bits per heavy atom. The van der Waals surface area contributed by atoms with Crippen LogP contribution in [0.2, 0.25) is 0 Å². The van der Waals surface area contributed by atoms with E-state index in [1.807, 2.05) is 18.3 Å². The maximum absolute atomic E-state index is 10.8. The van der Waals surface area contributed by atoms with E-state index in [0.717, 1.165) is 23.1 Å². The Bertz CT molecular complexity index is 784. The molecule has 1 fully saturated rings. The fourth-order valence-corrected chi connectivity index (χ4v) is 3.06. The van der Waals surface area contributed by atoms with Crippen LogP contribution in [0.3, 0.4) is 0 Å². The van der Waals surface area contributed by atoms with Gasteiger partial charge in [-0.05, 0) is 18.6 Å². The minimum absolute atomic E-state index is 0.449. The van der Waals surface area contributed by atoms with Gasteiger partial charge in [0.25, 0.3) is 0 Å². The maximum atomic E-state index is 10.8. The van der Waals surface area contributed by atoms with Crippen molar-refractivity contribution in [2.24, 2.45) is 0 Å². The standard InChI is InChI=1S/C15H16N6O/c22-15(11-21-8-6-18-19-21)3-7-20(10-15)14-2-5-17-13-1-4-16-9-12(13)14/h1-2,4-6,8-9,22H,3,7,10-11H2. The summed E-state index contributed by atoms with van der Waals surface area (Å²) in [6.45, 7) is 1.80. The molecule has 1 N–H and O–H groups in total. The number of aliphatic hydroxyl groups is 1. The number of anilines is 1. The second kappa shape index (κ2) is 5.03. The lowest BCUT2D eigenvalue weighted by atomic mass is 10.0. The third-order valence-electron chi connectivity index (χ3n) is 4.12. The third kappa shape index (κ3) is 2.29. The fraction of sp³-hybridized carbons (Fsp3) is 0.333. The van der Waals surface area contributed by atoms with Crippen LogP contribution in [-0.4, -0.2) is 48.8 Å². The van der Waals surface area contributed by atoms with Crippen molar-refractivity contribution in [3.05, 3.63) is 43.1 Å². The van der Waals surface area contributed by atoms with Gasteiger partial charge in [-0.3, -0.25) is 9.97 Å². The molecule has 0 saturated carbocycles. The van der Waals surface area contributed by atoms with Gasteiger partial charge in [0.2, 0.25) is 0 Å². The van der Waals surface area contributed by atoms with Gasteiger partial charge >= 0.3 is 0 Å². The number of nitrogens with zero attached hydrogens (tertiary/aromatic N) is 6. The molecule has 22 heavy (non-hydrogen) atoms. The van der Waals surface area contributed by atoms with E-state index in [4.69, 9.17) is 0 Å². The first kappa shape index (κ1) is 13.1. The van der Waals surface area contributed by atoms with Crippen LogP contribution >= 0.6 is 0 Å². The summed E-state index contributed by atoms with van der Waals surface area (Å²) < 4.78 is 1.68. The van der Waals surface area contributed by atoms with Gasteiger partial charge in [0.15, 0.2) is 0 Å². The van der Waals surface area contributed by atoms with E-state index >= 15 is 0 Å². The number of hydrogen-bond acceptors (Lipinski definition) is 6. The van der Waals surface area contributed by atoms with Crippen molar-refractivity contribution in [1.82, 2.24) is 25.0 Å². The van der Waals surface area contributed by atoms with Crippen LogP contribution in [0.4, 0.5) is 5.69 Å². The monoisotopic (exact) mass is 296 g/mol. The highest BCUT2D eigenvalue weighted by Crippen LogP contribution is 2.31. The van der Waals surface area contributed by atoms with E-state index in [2.05, 4.69) is 25.2 Å². The average molecular weight is 296 g/mol. The quantitative estimate of drug-likeness (QED) is 0.772. The van der Waals surface area contributed by atoms with Crippen LogP contribution in [-0.2, 0) is 6.54 Å². The van der Waals surface area contributed by atoms with E-state index in [-0.39, 0.29) is 0 Å². The molecular weight excluding hydrogens is 280 g/mol. The predicted octanol–water partition coefficient (Wildman–Crippen LogP) is 0.863. The van der Waals surface area contributed by atoms with E-state index in [0.29, 0.717) is 19.5 Å². The van der Waals surface area contributed by atoms with Gasteiger partial charge < -0.3 is 10.0 Å². The molecule has 1 saturated heterocycles. The Hall–Kier alpha value is -2.54. The molecule has 0 aromatic carbocycles. The highest BCUT2D eigenvalue weighted by atomic mass is 16.3. The molecule has 0 radical (unpaired) electrons. The molecule has 4 rings (SSSR count). The van der Waals surface area contributed by atoms with Crippen molar-refractivity contribution in [2.45, 2.75) is 18.6 Å². The first-order valence-corrected chi connectivity index (χ1v) is 7.24. The number of rotatable bonds is 3. The van der Waals surface area contributed by atoms with Crippen LogP contribution in [0.5, 0.6) is 0 Å². The molecule has 1 unspecified atom stereocenters. The first-order chi connectivity index (χ1) is 10.7. The summed E-state index contributed by atoms with van der Waals surface area (Å²) in [6.07, 6.45) is 9.45. The Kier molecular flexibility index (Phi) is 3.00. The van der Waals surface area contributed by atoms with Crippen LogP contribution in [0.25, 0.3) is 10.9 Å². The van der Waals surface area contributed by atoms with Crippen molar-refractivity contribution < 1.29 is 5.11 Å². The second-order valence-electron chi connectivity index (χ2n) is 5.72. The van der Waals surface area contributed by atoms with Crippen LogP contribution in [0, 0.1) is 0 Å². The zero-order valence-electron chi connectivity index (χ0n) is 12.0. The molecule has 0 spiro atoms. The summed E-state index contributed by atoms with van der Waals surface area (Å²) >= 11 is 0. The van der Waals surface area contributed by atoms with Crippen LogP contribution in [0.15, 0.2) is 43.1 Å². The molecule has 112 valence electrons. The number of aromatic nitrogens is 5. The highest BCUT2D eigenvalue weighted by Gasteiger charge is 2.37. The SMILES string of the molecule is OC1(Cn2ccnn2)CCN(c2ccnc3ccncc23)C1. The lowest BCUT2D eigenvalue weighted by Gasteiger charge is -2.24. The van der Waals surface area contributed by atoms with Gasteiger partial charge in [-0.1, -0.05) is 5.21 Å². The number of hydrogen-bond donors (Lipinski definition) is 1. The lowest BCUT2D eigenvalue weighted by molar-refractivity contribution is 0.0409. The number of β-amino-alcohol motifs (C(OH)–C–C–N with tert-alkyl or cyclic N) is 1. The second-order valence-corrected chi connectivity index (χ2v) is 5.72. The molecular formula is C15H16N6O. The van der Waals surface area contributed by atoms with Gasteiger partial charge in [0.05, 0.1) is 18.3 Å². The van der Waals surface area contributed by atoms with E-state index in [1.54, 1.807) is 29.5 Å². The summed E-state index contributed by atoms with van der Waals surface area (Å²) in [6, 6.07) is 3.88. The summed E-state index contributed by atoms with van der Waals surface area (Å²) in [5.74, 6) is 0. The lowest BCUT2D eigenvalue weighted by Crippen LogP contribution is -2.37. The maximum Gasteiger partial charge on any atom is 0.103 e. The zero-order valence-corrected chi connectivity index (χ0v) is 12.0. The molecule has 0 aliphatic carbocycles. The Morgan fingerprint density at radius 3 is 3.05 bits per heavy atom. The van der Waals surface area contributed by atoms with Crippen molar-refractivity contribution in [3.8, 4) is 0 Å². The minimum Gasteiger partial charge on any atom is -0.386 e. The topological polar surface area (TPSA) is 80.0 Å². The summed E-state index contributed by atoms with van der Waals surface area (Å²) in [5.41, 5.74) is 1.18. The Morgan fingerprint density at radius 2 is 2.18 bits per heavy atom.